The molecule has 2 aromatic rings. The molecule has 1 aromatic heterocycles. The van der Waals surface area contributed by atoms with Crippen LogP contribution >= 0.6 is 0 Å². The van der Waals surface area contributed by atoms with Crippen LogP contribution in [0.2, 0.25) is 36.3 Å². The van der Waals surface area contributed by atoms with Gasteiger partial charge in [-0.1, -0.05) is 95.5 Å². The summed E-state index contributed by atoms with van der Waals surface area (Å²) in [5.41, 5.74) is 7.28. The van der Waals surface area contributed by atoms with E-state index >= 15 is 0 Å². The molecule has 1 aromatic carbocycles. The quantitative estimate of drug-likeness (QED) is 0.337. The number of hydrogen-bond donors (Lipinski definition) is 0. The van der Waals surface area contributed by atoms with Crippen molar-refractivity contribution in [2.24, 2.45) is 7.05 Å². The van der Waals surface area contributed by atoms with Gasteiger partial charge in [-0.2, -0.15) is 5.10 Å². The SMILES string of the molecule is CC[Si](CC)(CC)Cc1cc(C)cc(C[Si](CC)(CC)CC)c1-c1ccn(C)n1. The predicted octanol–water partition coefficient (Wildman–Crippen LogP) is 7.58. The average molecular weight is 429 g/mol. The largest absolute Gasteiger partial charge is 0.275 e. The molecule has 0 aliphatic rings. The highest BCUT2D eigenvalue weighted by Gasteiger charge is 2.32. The van der Waals surface area contributed by atoms with Gasteiger partial charge in [0.1, 0.15) is 0 Å². The van der Waals surface area contributed by atoms with Crippen molar-refractivity contribution in [2.75, 3.05) is 0 Å². The van der Waals surface area contributed by atoms with Crippen LogP contribution in [0.15, 0.2) is 24.4 Å². The molecule has 2 nitrogen and oxygen atoms in total. The second-order valence-electron chi connectivity index (χ2n) is 9.31. The fourth-order valence-corrected chi connectivity index (χ4v) is 11.8. The van der Waals surface area contributed by atoms with Crippen LogP contribution in [-0.2, 0) is 19.1 Å². The summed E-state index contributed by atoms with van der Waals surface area (Å²) in [6.45, 7) is 16.9. The Balaban J connectivity index is 2.69. The lowest BCUT2D eigenvalue weighted by Crippen LogP contribution is -2.36. The third kappa shape index (κ3) is 5.32. The molecule has 0 aliphatic heterocycles. The lowest BCUT2D eigenvalue weighted by molar-refractivity contribution is 0.770. The summed E-state index contributed by atoms with van der Waals surface area (Å²) < 4.78 is 1.97. The van der Waals surface area contributed by atoms with Crippen LogP contribution in [0.25, 0.3) is 11.3 Å². The van der Waals surface area contributed by atoms with Gasteiger partial charge in [0.05, 0.1) is 21.8 Å². The maximum atomic E-state index is 4.89. The maximum Gasteiger partial charge on any atom is 0.0928 e. The van der Waals surface area contributed by atoms with Crippen LogP contribution in [0.4, 0.5) is 0 Å². The smallest absolute Gasteiger partial charge is 0.0928 e. The average Bonchev–Trinajstić information content (AvgIpc) is 3.16. The first-order chi connectivity index (χ1) is 13.8. The highest BCUT2D eigenvalue weighted by Crippen LogP contribution is 2.36. The number of aromatic nitrogens is 2. The van der Waals surface area contributed by atoms with Crippen LogP contribution in [0.1, 0.15) is 58.2 Å². The van der Waals surface area contributed by atoms with E-state index in [0.717, 1.165) is 0 Å². The molecule has 2 rings (SSSR count). The summed E-state index contributed by atoms with van der Waals surface area (Å²) in [5.74, 6) is 0. The van der Waals surface area contributed by atoms with Crippen molar-refractivity contribution in [1.82, 2.24) is 9.78 Å². The van der Waals surface area contributed by atoms with Crippen LogP contribution in [0.3, 0.4) is 0 Å². The van der Waals surface area contributed by atoms with E-state index < -0.39 is 16.1 Å². The standard InChI is InChI=1S/C25H44N2Si2/c1-9-28(10-2,11-3)19-22-17-21(7)18-23(20-29(12-4,13-5)14-6)25(22)24-15-16-27(8)26-24/h15-18H,9-14,19-20H2,1-8H3. The zero-order valence-corrected chi connectivity index (χ0v) is 22.4. The third-order valence-corrected chi connectivity index (χ3v) is 19.3. The van der Waals surface area contributed by atoms with Crippen molar-refractivity contribution in [3.05, 3.63) is 41.1 Å². The number of benzene rings is 1. The van der Waals surface area contributed by atoms with Crippen molar-refractivity contribution in [3.63, 3.8) is 0 Å². The van der Waals surface area contributed by atoms with Crippen molar-refractivity contribution >= 4 is 16.1 Å². The van der Waals surface area contributed by atoms with Gasteiger partial charge in [0, 0.05) is 18.8 Å². The molecule has 162 valence electrons. The summed E-state index contributed by atoms with van der Waals surface area (Å²) in [6.07, 6.45) is 2.11. The Kier molecular flexibility index (Phi) is 8.53. The van der Waals surface area contributed by atoms with Gasteiger partial charge in [-0.25, -0.2) is 0 Å². The van der Waals surface area contributed by atoms with E-state index in [9.17, 15) is 0 Å². The molecule has 0 fully saturated rings. The fraction of sp³-hybridized carbons (Fsp3) is 0.640. The van der Waals surface area contributed by atoms with Gasteiger partial charge < -0.3 is 0 Å². The van der Waals surface area contributed by atoms with Crippen molar-refractivity contribution in [2.45, 2.75) is 96.8 Å². The Hall–Kier alpha value is -1.14. The molecule has 29 heavy (non-hydrogen) atoms. The number of aryl methyl sites for hydroxylation is 2. The zero-order valence-electron chi connectivity index (χ0n) is 20.4. The molecule has 4 heteroatoms. The molecule has 0 amide bonds. The number of rotatable bonds is 11. The summed E-state index contributed by atoms with van der Waals surface area (Å²) >= 11 is 0. The molecule has 0 N–H and O–H groups in total. The Morgan fingerprint density at radius 1 is 0.759 bits per heavy atom. The van der Waals surface area contributed by atoms with Crippen molar-refractivity contribution < 1.29 is 0 Å². The van der Waals surface area contributed by atoms with E-state index in [2.05, 4.69) is 72.9 Å². The predicted molar refractivity (Wildman–Crippen MR) is 135 cm³/mol. The lowest BCUT2D eigenvalue weighted by Gasteiger charge is -2.32. The zero-order chi connectivity index (χ0) is 21.7. The molecule has 0 bridgehead atoms. The Bertz CT molecular complexity index is 726. The summed E-state index contributed by atoms with van der Waals surface area (Å²) in [6, 6.07) is 18.1. The minimum atomic E-state index is -1.27. The molecule has 0 atom stereocenters. The summed E-state index contributed by atoms with van der Waals surface area (Å²) in [4.78, 5) is 0. The molecule has 0 radical (unpaired) electrons. The van der Waals surface area contributed by atoms with Crippen LogP contribution in [0.5, 0.6) is 0 Å². The van der Waals surface area contributed by atoms with Gasteiger partial charge in [0.15, 0.2) is 0 Å². The van der Waals surface area contributed by atoms with E-state index in [1.165, 1.54) is 65.2 Å². The second kappa shape index (κ2) is 10.3. The first-order valence-corrected chi connectivity index (χ1v) is 17.6. The number of hydrogen-bond acceptors (Lipinski definition) is 1. The molecule has 0 saturated carbocycles. The molecule has 1 heterocycles. The molecule has 0 unspecified atom stereocenters. The highest BCUT2D eigenvalue weighted by atomic mass is 28.3. The first-order valence-electron chi connectivity index (χ1n) is 11.9. The Morgan fingerprint density at radius 2 is 1.17 bits per heavy atom. The van der Waals surface area contributed by atoms with Crippen molar-refractivity contribution in [3.8, 4) is 11.3 Å². The number of nitrogens with zero attached hydrogens (tertiary/aromatic N) is 2. The van der Waals surface area contributed by atoms with Crippen LogP contribution < -0.4 is 0 Å². The van der Waals surface area contributed by atoms with Crippen molar-refractivity contribution in [1.29, 1.82) is 0 Å². The maximum absolute atomic E-state index is 4.89. The van der Waals surface area contributed by atoms with E-state index in [-0.39, 0.29) is 0 Å². The fourth-order valence-electron chi connectivity index (χ4n) is 5.16. The van der Waals surface area contributed by atoms with E-state index in [1.54, 1.807) is 11.1 Å². The van der Waals surface area contributed by atoms with E-state index in [4.69, 9.17) is 5.10 Å². The van der Waals surface area contributed by atoms with Gasteiger partial charge in [-0.15, -0.1) is 0 Å². The minimum absolute atomic E-state index is 1.19. The van der Waals surface area contributed by atoms with Gasteiger partial charge >= 0.3 is 0 Å². The van der Waals surface area contributed by atoms with Gasteiger partial charge in [0.2, 0.25) is 0 Å². The van der Waals surface area contributed by atoms with Gasteiger partial charge in [0.25, 0.3) is 0 Å². The van der Waals surface area contributed by atoms with Gasteiger partial charge in [-0.3, -0.25) is 4.68 Å². The van der Waals surface area contributed by atoms with Gasteiger partial charge in [-0.05, 0) is 36.2 Å². The normalized spacial score (nSPS) is 12.6. The molecular formula is C25H44N2Si2. The minimum Gasteiger partial charge on any atom is -0.275 e. The summed E-state index contributed by atoms with van der Waals surface area (Å²) in [7, 11) is -0.492. The molecular weight excluding hydrogens is 384 g/mol. The second-order valence-corrected chi connectivity index (χ2v) is 20.3. The monoisotopic (exact) mass is 428 g/mol. The Morgan fingerprint density at radius 3 is 1.48 bits per heavy atom. The lowest BCUT2D eigenvalue weighted by atomic mass is 9.97. The molecule has 0 aliphatic carbocycles. The summed E-state index contributed by atoms with van der Waals surface area (Å²) in [5, 5.41) is 4.89. The third-order valence-electron chi connectivity index (χ3n) is 8.05. The van der Waals surface area contributed by atoms with E-state index in [0.29, 0.717) is 0 Å². The molecule has 0 saturated heterocycles. The topological polar surface area (TPSA) is 17.8 Å². The Labute approximate surface area is 182 Å². The first kappa shape index (κ1) is 24.1. The highest BCUT2D eigenvalue weighted by molar-refractivity contribution is 6.79. The van der Waals surface area contributed by atoms with E-state index in [1.807, 2.05) is 11.7 Å². The van der Waals surface area contributed by atoms with Crippen LogP contribution in [-0.4, -0.2) is 25.9 Å². The van der Waals surface area contributed by atoms with Crippen LogP contribution in [0, 0.1) is 6.92 Å². The molecule has 0 spiro atoms.